The van der Waals surface area contributed by atoms with Crippen LogP contribution >= 0.6 is 11.6 Å². The van der Waals surface area contributed by atoms with E-state index in [1.165, 1.54) is 0 Å². The van der Waals surface area contributed by atoms with Crippen molar-refractivity contribution < 1.29 is 4.79 Å². The number of aromatic nitrogens is 1. The molecule has 0 saturated heterocycles. The summed E-state index contributed by atoms with van der Waals surface area (Å²) in [4.78, 5) is 15.9. The third-order valence-corrected chi connectivity index (χ3v) is 3.29. The molecule has 4 nitrogen and oxygen atoms in total. The number of nitrogens with zero attached hydrogens (tertiary/aromatic N) is 1. The van der Waals surface area contributed by atoms with E-state index >= 15 is 0 Å². The van der Waals surface area contributed by atoms with Crippen LogP contribution in [0.2, 0.25) is 5.02 Å². The Morgan fingerprint density at radius 2 is 2.05 bits per heavy atom. The summed E-state index contributed by atoms with van der Waals surface area (Å²) in [6.07, 6.45) is 5.13. The highest BCUT2D eigenvalue weighted by Crippen LogP contribution is 2.24. The van der Waals surface area contributed by atoms with Crippen LogP contribution in [-0.4, -0.2) is 23.0 Å². The highest BCUT2D eigenvalue weighted by Gasteiger charge is 2.05. The van der Waals surface area contributed by atoms with Gasteiger partial charge in [0.2, 0.25) is 5.91 Å². The van der Waals surface area contributed by atoms with Gasteiger partial charge in [0, 0.05) is 40.5 Å². The van der Waals surface area contributed by atoms with Crippen LogP contribution < -0.4 is 10.6 Å². The number of halogens is 1. The van der Waals surface area contributed by atoms with Gasteiger partial charge in [-0.05, 0) is 45.0 Å². The summed E-state index contributed by atoms with van der Waals surface area (Å²) in [5, 5.41) is 7.84. The summed E-state index contributed by atoms with van der Waals surface area (Å²) in [6.45, 7) is 5.85. The van der Waals surface area contributed by atoms with Crippen molar-refractivity contribution in [1.82, 2.24) is 10.3 Å². The third-order valence-electron chi connectivity index (χ3n) is 3.06. The molecule has 1 aromatic heterocycles. The SMILES string of the molecule is CC(C)NC(=O)/C=C/[C@H](C)Nc1ccnc2cc(Cl)ccc12. The van der Waals surface area contributed by atoms with E-state index in [0.717, 1.165) is 16.6 Å². The van der Waals surface area contributed by atoms with E-state index in [0.29, 0.717) is 5.02 Å². The first-order chi connectivity index (χ1) is 10.5. The number of anilines is 1. The first kappa shape index (κ1) is 16.3. The third kappa shape index (κ3) is 4.46. The Kier molecular flexibility index (Phi) is 5.39. The molecule has 0 bridgehead atoms. The minimum absolute atomic E-state index is 0.0131. The minimum atomic E-state index is -0.0879. The molecule has 1 amide bonds. The van der Waals surface area contributed by atoms with Crippen molar-refractivity contribution in [3.63, 3.8) is 0 Å². The molecule has 116 valence electrons. The van der Waals surface area contributed by atoms with Crippen molar-refractivity contribution in [3.8, 4) is 0 Å². The largest absolute Gasteiger partial charge is 0.379 e. The van der Waals surface area contributed by atoms with Gasteiger partial charge in [-0.15, -0.1) is 0 Å². The Bertz CT molecular complexity index is 697. The zero-order valence-corrected chi connectivity index (χ0v) is 13.7. The normalized spacial score (nSPS) is 12.8. The molecular weight excluding hydrogens is 298 g/mol. The molecule has 2 aromatic rings. The zero-order chi connectivity index (χ0) is 16.1. The van der Waals surface area contributed by atoms with E-state index in [1.807, 2.05) is 51.1 Å². The quantitative estimate of drug-likeness (QED) is 0.825. The van der Waals surface area contributed by atoms with Gasteiger partial charge < -0.3 is 10.6 Å². The van der Waals surface area contributed by atoms with Crippen LogP contribution in [0, 0.1) is 0 Å². The smallest absolute Gasteiger partial charge is 0.243 e. The molecule has 0 spiro atoms. The molecule has 2 rings (SSSR count). The van der Waals surface area contributed by atoms with Gasteiger partial charge >= 0.3 is 0 Å². The highest BCUT2D eigenvalue weighted by molar-refractivity contribution is 6.31. The first-order valence-electron chi connectivity index (χ1n) is 7.25. The molecule has 5 heteroatoms. The van der Waals surface area contributed by atoms with Crippen LogP contribution in [0.1, 0.15) is 20.8 Å². The van der Waals surface area contributed by atoms with Crippen LogP contribution in [0.4, 0.5) is 5.69 Å². The molecule has 0 radical (unpaired) electrons. The number of pyridine rings is 1. The molecule has 0 fully saturated rings. The number of benzene rings is 1. The fraction of sp³-hybridized carbons (Fsp3) is 0.294. The van der Waals surface area contributed by atoms with Gasteiger partial charge in [0.15, 0.2) is 0 Å². The summed E-state index contributed by atoms with van der Waals surface area (Å²) in [7, 11) is 0. The number of hydrogen-bond donors (Lipinski definition) is 2. The second-order valence-corrected chi connectivity index (χ2v) is 5.91. The number of amides is 1. The summed E-state index contributed by atoms with van der Waals surface area (Å²) < 4.78 is 0. The molecule has 0 aliphatic rings. The lowest BCUT2D eigenvalue weighted by Gasteiger charge is -2.13. The van der Waals surface area contributed by atoms with E-state index in [1.54, 1.807) is 12.3 Å². The second kappa shape index (κ2) is 7.27. The van der Waals surface area contributed by atoms with Gasteiger partial charge in [-0.25, -0.2) is 0 Å². The molecule has 0 aliphatic carbocycles. The van der Waals surface area contributed by atoms with E-state index in [9.17, 15) is 4.79 Å². The van der Waals surface area contributed by atoms with Crippen LogP contribution in [0.15, 0.2) is 42.6 Å². The van der Waals surface area contributed by atoms with Gasteiger partial charge in [-0.2, -0.15) is 0 Å². The second-order valence-electron chi connectivity index (χ2n) is 5.48. The summed E-state index contributed by atoms with van der Waals surface area (Å²) in [5.41, 5.74) is 1.80. The monoisotopic (exact) mass is 317 g/mol. The van der Waals surface area contributed by atoms with Gasteiger partial charge in [0.05, 0.1) is 5.52 Å². The number of nitrogens with one attached hydrogen (secondary N) is 2. The average Bonchev–Trinajstić information content (AvgIpc) is 2.44. The highest BCUT2D eigenvalue weighted by atomic mass is 35.5. The maximum absolute atomic E-state index is 11.6. The molecule has 22 heavy (non-hydrogen) atoms. The summed E-state index contributed by atoms with van der Waals surface area (Å²) in [6, 6.07) is 7.67. The molecule has 2 N–H and O–H groups in total. The van der Waals surface area contributed by atoms with Crippen molar-refractivity contribution in [2.24, 2.45) is 0 Å². The number of carbonyl (C=O) groups is 1. The standard InChI is InChI=1S/C17H20ClN3O/c1-11(2)20-17(22)7-4-12(3)21-15-8-9-19-16-10-13(18)5-6-14(15)16/h4-12H,1-3H3,(H,19,21)(H,20,22)/b7-4+/t12-/m0/s1. The van der Waals surface area contributed by atoms with Gasteiger partial charge in [-0.3, -0.25) is 9.78 Å². The van der Waals surface area contributed by atoms with Crippen molar-refractivity contribution in [3.05, 3.63) is 47.6 Å². The van der Waals surface area contributed by atoms with Crippen LogP contribution in [0.25, 0.3) is 10.9 Å². The summed E-state index contributed by atoms with van der Waals surface area (Å²) >= 11 is 5.99. The Morgan fingerprint density at radius 1 is 1.27 bits per heavy atom. The summed E-state index contributed by atoms with van der Waals surface area (Å²) in [5.74, 6) is -0.0879. The molecule has 0 saturated carbocycles. The zero-order valence-electron chi connectivity index (χ0n) is 12.9. The molecule has 0 aliphatic heterocycles. The van der Waals surface area contributed by atoms with Crippen LogP contribution in [0.3, 0.4) is 0 Å². The van der Waals surface area contributed by atoms with Crippen LogP contribution in [0.5, 0.6) is 0 Å². The molecule has 1 aromatic carbocycles. The van der Waals surface area contributed by atoms with E-state index < -0.39 is 0 Å². The Morgan fingerprint density at radius 3 is 2.77 bits per heavy atom. The number of hydrogen-bond acceptors (Lipinski definition) is 3. The van der Waals surface area contributed by atoms with Crippen molar-refractivity contribution in [1.29, 1.82) is 0 Å². The Balaban J connectivity index is 2.10. The Hall–Kier alpha value is -2.07. The van der Waals surface area contributed by atoms with Gasteiger partial charge in [-0.1, -0.05) is 17.7 Å². The molecule has 0 unspecified atom stereocenters. The maximum atomic E-state index is 11.6. The van der Waals surface area contributed by atoms with Gasteiger partial charge in [0.1, 0.15) is 0 Å². The lowest BCUT2D eigenvalue weighted by molar-refractivity contribution is -0.116. The number of rotatable bonds is 5. The average molecular weight is 318 g/mol. The fourth-order valence-electron chi connectivity index (χ4n) is 2.10. The predicted octanol–water partition coefficient (Wildman–Crippen LogP) is 3.77. The predicted molar refractivity (Wildman–Crippen MR) is 92.3 cm³/mol. The molecular formula is C17H20ClN3O. The lowest BCUT2D eigenvalue weighted by atomic mass is 10.1. The topological polar surface area (TPSA) is 54.0 Å². The first-order valence-corrected chi connectivity index (χ1v) is 7.63. The Labute approximate surface area is 135 Å². The van der Waals surface area contributed by atoms with E-state index in [4.69, 9.17) is 11.6 Å². The molecule has 1 atom stereocenters. The number of carbonyl (C=O) groups excluding carboxylic acids is 1. The number of fused-ring (bicyclic) bond motifs is 1. The van der Waals surface area contributed by atoms with Crippen LogP contribution in [-0.2, 0) is 4.79 Å². The molecule has 1 heterocycles. The van der Waals surface area contributed by atoms with Crippen molar-refractivity contribution >= 4 is 34.1 Å². The lowest BCUT2D eigenvalue weighted by Crippen LogP contribution is -2.28. The van der Waals surface area contributed by atoms with Crippen molar-refractivity contribution in [2.45, 2.75) is 32.9 Å². The van der Waals surface area contributed by atoms with E-state index in [-0.39, 0.29) is 18.0 Å². The van der Waals surface area contributed by atoms with Gasteiger partial charge in [0.25, 0.3) is 0 Å². The fourth-order valence-corrected chi connectivity index (χ4v) is 2.27. The minimum Gasteiger partial charge on any atom is -0.379 e. The maximum Gasteiger partial charge on any atom is 0.243 e. The van der Waals surface area contributed by atoms with E-state index in [2.05, 4.69) is 15.6 Å². The van der Waals surface area contributed by atoms with Crippen molar-refractivity contribution in [2.75, 3.05) is 5.32 Å².